The number of rotatable bonds is 8. The van der Waals surface area contributed by atoms with Crippen molar-refractivity contribution in [2.45, 2.75) is 32.0 Å². The summed E-state index contributed by atoms with van der Waals surface area (Å²) in [5.41, 5.74) is 0. The van der Waals surface area contributed by atoms with Gasteiger partial charge in [-0.1, -0.05) is 0 Å². The predicted molar refractivity (Wildman–Crippen MR) is 59.3 cm³/mol. The van der Waals surface area contributed by atoms with E-state index in [2.05, 4.69) is 5.92 Å². The molecule has 2 nitrogen and oxygen atoms in total. The van der Waals surface area contributed by atoms with E-state index in [4.69, 9.17) is 27.5 Å². The third-order valence-electron chi connectivity index (χ3n) is 2.20. The van der Waals surface area contributed by atoms with Gasteiger partial charge in [-0.2, -0.15) is 0 Å². The second-order valence-corrected chi connectivity index (χ2v) is 3.55. The quantitative estimate of drug-likeness (QED) is 0.354. The van der Waals surface area contributed by atoms with E-state index < -0.39 is 0 Å². The molecule has 0 radical (unpaired) electrons. The Kier molecular flexibility index (Phi) is 9.18. The lowest BCUT2D eigenvalue weighted by atomic mass is 9.99. The Bertz CT molecular complexity index is 161. The Morgan fingerprint density at radius 3 is 2.29 bits per heavy atom. The number of hydrogen-bond acceptors (Lipinski definition) is 2. The third-order valence-corrected chi connectivity index (χ3v) is 2.47. The first kappa shape index (κ1) is 13.8. The summed E-state index contributed by atoms with van der Waals surface area (Å²) in [6, 6.07) is 0. The van der Waals surface area contributed by atoms with Crippen LogP contribution in [0.1, 0.15) is 25.7 Å². The SMILES string of the molecule is C#CC(CCCCl)CCC(OC)OC. The summed E-state index contributed by atoms with van der Waals surface area (Å²) in [6.07, 6.45) is 9.00. The summed E-state index contributed by atoms with van der Waals surface area (Å²) in [6.45, 7) is 0. The molecular formula is C11H19ClO2. The highest BCUT2D eigenvalue weighted by atomic mass is 35.5. The van der Waals surface area contributed by atoms with Gasteiger partial charge in [0.05, 0.1) is 0 Å². The molecule has 0 aromatic carbocycles. The molecule has 1 atom stereocenters. The van der Waals surface area contributed by atoms with Gasteiger partial charge in [0, 0.05) is 26.0 Å². The fraction of sp³-hybridized carbons (Fsp3) is 0.818. The topological polar surface area (TPSA) is 18.5 Å². The van der Waals surface area contributed by atoms with Gasteiger partial charge in [0.15, 0.2) is 6.29 Å². The van der Waals surface area contributed by atoms with Crippen LogP contribution in [-0.2, 0) is 9.47 Å². The van der Waals surface area contributed by atoms with Crippen LogP contribution in [0.2, 0.25) is 0 Å². The van der Waals surface area contributed by atoms with Gasteiger partial charge in [0.25, 0.3) is 0 Å². The van der Waals surface area contributed by atoms with Crippen molar-refractivity contribution >= 4 is 11.6 Å². The Balaban J connectivity index is 3.66. The lowest BCUT2D eigenvalue weighted by Gasteiger charge is -2.15. The molecule has 0 aliphatic carbocycles. The molecular weight excluding hydrogens is 200 g/mol. The largest absolute Gasteiger partial charge is 0.356 e. The molecule has 0 fully saturated rings. The van der Waals surface area contributed by atoms with Crippen LogP contribution in [0.25, 0.3) is 0 Å². The third kappa shape index (κ3) is 6.26. The van der Waals surface area contributed by atoms with Crippen LogP contribution in [0.15, 0.2) is 0 Å². The van der Waals surface area contributed by atoms with Gasteiger partial charge in [-0.05, 0) is 25.7 Å². The number of methoxy groups -OCH3 is 2. The van der Waals surface area contributed by atoms with E-state index in [9.17, 15) is 0 Å². The molecule has 0 rings (SSSR count). The molecule has 0 aromatic rings. The van der Waals surface area contributed by atoms with Gasteiger partial charge in [-0.3, -0.25) is 0 Å². The second kappa shape index (κ2) is 9.33. The van der Waals surface area contributed by atoms with Gasteiger partial charge in [-0.15, -0.1) is 23.9 Å². The summed E-state index contributed by atoms with van der Waals surface area (Å²) in [5.74, 6) is 3.74. The van der Waals surface area contributed by atoms with Gasteiger partial charge in [0.1, 0.15) is 0 Å². The number of hydrogen-bond donors (Lipinski definition) is 0. The van der Waals surface area contributed by atoms with Crippen LogP contribution < -0.4 is 0 Å². The number of terminal acetylenes is 1. The van der Waals surface area contributed by atoms with E-state index in [-0.39, 0.29) is 6.29 Å². The smallest absolute Gasteiger partial charge is 0.156 e. The van der Waals surface area contributed by atoms with Crippen molar-refractivity contribution in [1.29, 1.82) is 0 Å². The minimum Gasteiger partial charge on any atom is -0.356 e. The maximum Gasteiger partial charge on any atom is 0.156 e. The number of halogens is 1. The van der Waals surface area contributed by atoms with Crippen molar-refractivity contribution in [2.75, 3.05) is 20.1 Å². The zero-order chi connectivity index (χ0) is 10.8. The van der Waals surface area contributed by atoms with Crippen molar-refractivity contribution in [3.8, 4) is 12.3 Å². The Morgan fingerprint density at radius 2 is 1.86 bits per heavy atom. The molecule has 0 aromatic heterocycles. The standard InChI is InChI=1S/C11H19ClO2/c1-4-10(6-5-9-12)7-8-11(13-2)14-3/h1,10-11H,5-9H2,2-3H3. The van der Waals surface area contributed by atoms with E-state index in [1.165, 1.54) is 0 Å². The molecule has 0 heterocycles. The normalized spacial score (nSPS) is 12.8. The van der Waals surface area contributed by atoms with Gasteiger partial charge in [-0.25, -0.2) is 0 Å². The van der Waals surface area contributed by atoms with Crippen LogP contribution in [0.5, 0.6) is 0 Å². The molecule has 0 spiro atoms. The van der Waals surface area contributed by atoms with Crippen molar-refractivity contribution in [1.82, 2.24) is 0 Å². The zero-order valence-electron chi connectivity index (χ0n) is 8.96. The van der Waals surface area contributed by atoms with Gasteiger partial charge in [0.2, 0.25) is 0 Å². The Labute approximate surface area is 91.9 Å². The monoisotopic (exact) mass is 218 g/mol. The fourth-order valence-corrected chi connectivity index (χ4v) is 1.46. The lowest BCUT2D eigenvalue weighted by Crippen LogP contribution is -2.14. The van der Waals surface area contributed by atoms with Crippen LogP contribution >= 0.6 is 11.6 Å². The summed E-state index contributed by atoms with van der Waals surface area (Å²) >= 11 is 5.60. The molecule has 0 N–H and O–H groups in total. The van der Waals surface area contributed by atoms with Crippen molar-refractivity contribution in [2.24, 2.45) is 5.92 Å². The molecule has 0 aliphatic rings. The number of alkyl halides is 1. The van der Waals surface area contributed by atoms with Crippen LogP contribution in [0.3, 0.4) is 0 Å². The summed E-state index contributed by atoms with van der Waals surface area (Å²) in [4.78, 5) is 0. The minimum atomic E-state index is -0.137. The number of ether oxygens (including phenoxy) is 2. The first-order valence-corrected chi connectivity index (χ1v) is 5.39. The average Bonchev–Trinajstić information content (AvgIpc) is 2.23. The zero-order valence-corrected chi connectivity index (χ0v) is 9.72. The molecule has 0 amide bonds. The Hall–Kier alpha value is -0.230. The van der Waals surface area contributed by atoms with Crippen LogP contribution in [-0.4, -0.2) is 26.4 Å². The molecule has 0 bridgehead atoms. The average molecular weight is 219 g/mol. The van der Waals surface area contributed by atoms with Gasteiger partial charge >= 0.3 is 0 Å². The predicted octanol–water partition coefficient (Wildman–Crippen LogP) is 2.65. The van der Waals surface area contributed by atoms with E-state index >= 15 is 0 Å². The fourth-order valence-electron chi connectivity index (χ4n) is 1.30. The maximum absolute atomic E-state index is 5.60. The van der Waals surface area contributed by atoms with Gasteiger partial charge < -0.3 is 9.47 Å². The molecule has 82 valence electrons. The first-order chi connectivity index (χ1) is 6.78. The minimum absolute atomic E-state index is 0.137. The molecule has 0 saturated heterocycles. The van der Waals surface area contributed by atoms with E-state index in [1.54, 1.807) is 14.2 Å². The van der Waals surface area contributed by atoms with E-state index in [1.807, 2.05) is 0 Å². The molecule has 1 unspecified atom stereocenters. The first-order valence-electron chi connectivity index (χ1n) is 4.86. The molecule has 14 heavy (non-hydrogen) atoms. The highest BCUT2D eigenvalue weighted by Crippen LogP contribution is 2.15. The van der Waals surface area contributed by atoms with Crippen molar-refractivity contribution in [3.63, 3.8) is 0 Å². The highest BCUT2D eigenvalue weighted by molar-refractivity contribution is 6.17. The molecule has 0 aliphatic heterocycles. The maximum atomic E-state index is 5.60. The van der Waals surface area contributed by atoms with Crippen LogP contribution in [0.4, 0.5) is 0 Å². The lowest BCUT2D eigenvalue weighted by molar-refractivity contribution is -0.108. The van der Waals surface area contributed by atoms with E-state index in [0.29, 0.717) is 11.8 Å². The summed E-state index contributed by atoms with van der Waals surface area (Å²) in [5, 5.41) is 0. The van der Waals surface area contributed by atoms with Crippen molar-refractivity contribution in [3.05, 3.63) is 0 Å². The molecule has 3 heteroatoms. The van der Waals surface area contributed by atoms with Crippen LogP contribution in [0, 0.1) is 18.3 Å². The Morgan fingerprint density at radius 1 is 1.21 bits per heavy atom. The van der Waals surface area contributed by atoms with E-state index in [0.717, 1.165) is 25.7 Å². The highest BCUT2D eigenvalue weighted by Gasteiger charge is 2.10. The second-order valence-electron chi connectivity index (χ2n) is 3.17. The van der Waals surface area contributed by atoms with Crippen molar-refractivity contribution < 1.29 is 9.47 Å². The molecule has 0 saturated carbocycles. The summed E-state index contributed by atoms with van der Waals surface area (Å²) in [7, 11) is 3.27. The summed E-state index contributed by atoms with van der Waals surface area (Å²) < 4.78 is 10.2.